The molecule has 0 aliphatic carbocycles. The average Bonchev–Trinajstić information content (AvgIpc) is 2.37. The molecule has 1 aromatic rings. The van der Waals surface area contributed by atoms with E-state index in [1.165, 1.54) is 6.07 Å². The first kappa shape index (κ1) is 19.1. The van der Waals surface area contributed by atoms with Crippen LogP contribution in [0, 0.1) is 17.6 Å². The summed E-state index contributed by atoms with van der Waals surface area (Å²) in [5.74, 6) is 0.146. The van der Waals surface area contributed by atoms with Crippen LogP contribution < -0.4 is 10.6 Å². The fourth-order valence-corrected chi connectivity index (χ4v) is 1.43. The lowest BCUT2D eigenvalue weighted by Crippen LogP contribution is -2.44. The first-order chi connectivity index (χ1) is 8.93. The number of rotatable bonds is 4. The Hall–Kier alpha value is -0.920. The van der Waals surface area contributed by atoms with Gasteiger partial charge in [0.2, 0.25) is 0 Å². The normalized spacial score (nSPS) is 12.8. The molecule has 1 atom stereocenters. The molecule has 114 valence electrons. The van der Waals surface area contributed by atoms with Crippen molar-refractivity contribution in [2.45, 2.75) is 33.4 Å². The summed E-state index contributed by atoms with van der Waals surface area (Å²) >= 11 is 0. The average molecular weight is 397 g/mol. The standard InChI is InChI=1S/C14H21F2N3.HI/c1-9(2)10(3)19-14(17-4)18-8-11-7-12(15)5-6-13(11)16;/h5-7,9-10H,8H2,1-4H3,(H2,17,18,19);1H. The predicted molar refractivity (Wildman–Crippen MR) is 89.4 cm³/mol. The molecule has 0 bridgehead atoms. The monoisotopic (exact) mass is 397 g/mol. The molecule has 0 saturated heterocycles. The van der Waals surface area contributed by atoms with Crippen molar-refractivity contribution in [2.24, 2.45) is 10.9 Å². The van der Waals surface area contributed by atoms with Gasteiger partial charge in [-0.2, -0.15) is 0 Å². The largest absolute Gasteiger partial charge is 0.354 e. The lowest BCUT2D eigenvalue weighted by Gasteiger charge is -2.20. The van der Waals surface area contributed by atoms with Gasteiger partial charge in [0.25, 0.3) is 0 Å². The topological polar surface area (TPSA) is 36.4 Å². The smallest absolute Gasteiger partial charge is 0.191 e. The van der Waals surface area contributed by atoms with Crippen LogP contribution >= 0.6 is 24.0 Å². The summed E-state index contributed by atoms with van der Waals surface area (Å²) in [6.07, 6.45) is 0. The Morgan fingerprint density at radius 1 is 1.25 bits per heavy atom. The van der Waals surface area contributed by atoms with E-state index >= 15 is 0 Å². The summed E-state index contributed by atoms with van der Waals surface area (Å²) in [5.41, 5.74) is 0.278. The zero-order valence-electron chi connectivity index (χ0n) is 12.2. The van der Waals surface area contributed by atoms with Crippen molar-refractivity contribution < 1.29 is 8.78 Å². The second-order valence-corrected chi connectivity index (χ2v) is 4.84. The minimum atomic E-state index is -0.448. The second-order valence-electron chi connectivity index (χ2n) is 4.84. The van der Waals surface area contributed by atoms with Gasteiger partial charge in [-0.3, -0.25) is 4.99 Å². The summed E-state index contributed by atoms with van der Waals surface area (Å²) in [5, 5.41) is 6.16. The third-order valence-corrected chi connectivity index (χ3v) is 3.04. The van der Waals surface area contributed by atoms with Crippen molar-refractivity contribution in [1.82, 2.24) is 10.6 Å². The van der Waals surface area contributed by atoms with Crippen molar-refractivity contribution in [3.05, 3.63) is 35.4 Å². The number of aliphatic imine (C=N–C) groups is 1. The summed E-state index contributed by atoms with van der Waals surface area (Å²) in [4.78, 5) is 4.06. The van der Waals surface area contributed by atoms with Gasteiger partial charge < -0.3 is 10.6 Å². The van der Waals surface area contributed by atoms with Crippen LogP contribution in [0.2, 0.25) is 0 Å². The number of nitrogens with one attached hydrogen (secondary N) is 2. The number of benzene rings is 1. The highest BCUT2D eigenvalue weighted by atomic mass is 127. The van der Waals surface area contributed by atoms with Crippen LogP contribution in [0.15, 0.2) is 23.2 Å². The quantitative estimate of drug-likeness (QED) is 0.465. The van der Waals surface area contributed by atoms with Gasteiger partial charge in [0.15, 0.2) is 5.96 Å². The molecule has 0 aromatic heterocycles. The zero-order chi connectivity index (χ0) is 14.4. The molecular formula is C14H22F2IN3. The summed E-state index contributed by atoms with van der Waals surface area (Å²) < 4.78 is 26.5. The van der Waals surface area contributed by atoms with Crippen molar-refractivity contribution in [2.75, 3.05) is 7.05 Å². The predicted octanol–water partition coefficient (Wildman–Crippen LogP) is 3.29. The van der Waals surface area contributed by atoms with Gasteiger partial charge in [-0.1, -0.05) is 13.8 Å². The van der Waals surface area contributed by atoms with Crippen molar-refractivity contribution in [3.63, 3.8) is 0 Å². The Morgan fingerprint density at radius 2 is 1.90 bits per heavy atom. The molecule has 0 saturated carbocycles. The van der Waals surface area contributed by atoms with Crippen LogP contribution in [-0.4, -0.2) is 19.0 Å². The molecule has 0 fully saturated rings. The van der Waals surface area contributed by atoms with Gasteiger partial charge in [-0.05, 0) is 31.0 Å². The van der Waals surface area contributed by atoms with Crippen molar-refractivity contribution >= 4 is 29.9 Å². The molecule has 0 spiro atoms. The van der Waals surface area contributed by atoms with Crippen molar-refractivity contribution in [1.29, 1.82) is 0 Å². The van der Waals surface area contributed by atoms with E-state index in [0.29, 0.717) is 11.9 Å². The molecule has 0 amide bonds. The van der Waals surface area contributed by atoms with E-state index in [4.69, 9.17) is 0 Å². The number of guanidine groups is 1. The molecule has 1 aromatic carbocycles. The number of hydrogen-bond acceptors (Lipinski definition) is 1. The van der Waals surface area contributed by atoms with E-state index in [1.807, 2.05) is 6.92 Å². The van der Waals surface area contributed by atoms with Gasteiger partial charge in [0.1, 0.15) is 11.6 Å². The Kier molecular flexibility index (Phi) is 8.68. The molecule has 0 aliphatic heterocycles. The number of halogens is 3. The Bertz CT molecular complexity index is 450. The molecule has 20 heavy (non-hydrogen) atoms. The van der Waals surface area contributed by atoms with E-state index in [1.54, 1.807) is 7.05 Å². The maximum atomic E-state index is 13.4. The Balaban J connectivity index is 0.00000361. The van der Waals surface area contributed by atoms with Crippen LogP contribution in [0.1, 0.15) is 26.3 Å². The van der Waals surface area contributed by atoms with Crippen molar-refractivity contribution in [3.8, 4) is 0 Å². The van der Waals surface area contributed by atoms with Crippen LogP contribution in [0.4, 0.5) is 8.78 Å². The van der Waals surface area contributed by atoms with Crippen LogP contribution in [0.5, 0.6) is 0 Å². The minimum Gasteiger partial charge on any atom is -0.354 e. The molecule has 0 aliphatic rings. The highest BCUT2D eigenvalue weighted by Gasteiger charge is 2.10. The third kappa shape index (κ3) is 6.02. The molecule has 0 radical (unpaired) electrons. The first-order valence-corrected chi connectivity index (χ1v) is 6.35. The number of hydrogen-bond donors (Lipinski definition) is 2. The lowest BCUT2D eigenvalue weighted by molar-refractivity contribution is 0.480. The maximum Gasteiger partial charge on any atom is 0.191 e. The van der Waals surface area contributed by atoms with E-state index in [9.17, 15) is 8.78 Å². The second kappa shape index (κ2) is 9.10. The SMILES string of the molecule is CN=C(NCc1cc(F)ccc1F)NC(C)C(C)C.I. The molecule has 3 nitrogen and oxygen atoms in total. The highest BCUT2D eigenvalue weighted by molar-refractivity contribution is 14.0. The molecule has 1 rings (SSSR count). The maximum absolute atomic E-state index is 13.4. The Labute approximate surface area is 136 Å². The molecular weight excluding hydrogens is 375 g/mol. The summed E-state index contributed by atoms with van der Waals surface area (Å²) in [6.45, 7) is 6.42. The van der Waals surface area contributed by atoms with E-state index in [0.717, 1.165) is 12.1 Å². The van der Waals surface area contributed by atoms with E-state index in [2.05, 4.69) is 29.5 Å². The fraction of sp³-hybridized carbons (Fsp3) is 0.500. The van der Waals surface area contributed by atoms with Gasteiger partial charge in [0, 0.05) is 25.2 Å². The molecule has 1 unspecified atom stereocenters. The molecule has 0 heterocycles. The van der Waals surface area contributed by atoms with Gasteiger partial charge >= 0.3 is 0 Å². The zero-order valence-corrected chi connectivity index (χ0v) is 14.5. The minimum absolute atomic E-state index is 0. The fourth-order valence-electron chi connectivity index (χ4n) is 1.43. The van der Waals surface area contributed by atoms with Crippen LogP contribution in [0.3, 0.4) is 0 Å². The van der Waals surface area contributed by atoms with E-state index < -0.39 is 11.6 Å². The molecule has 6 heteroatoms. The summed E-state index contributed by atoms with van der Waals surface area (Å²) in [6, 6.07) is 3.65. The third-order valence-electron chi connectivity index (χ3n) is 3.04. The van der Waals surface area contributed by atoms with Gasteiger partial charge in [-0.25, -0.2) is 8.78 Å². The highest BCUT2D eigenvalue weighted by Crippen LogP contribution is 2.09. The van der Waals surface area contributed by atoms with Crippen LogP contribution in [0.25, 0.3) is 0 Å². The van der Waals surface area contributed by atoms with E-state index in [-0.39, 0.29) is 42.1 Å². The molecule has 2 N–H and O–H groups in total. The number of nitrogens with zero attached hydrogens (tertiary/aromatic N) is 1. The lowest BCUT2D eigenvalue weighted by atomic mass is 10.1. The Morgan fingerprint density at radius 3 is 2.45 bits per heavy atom. The van der Waals surface area contributed by atoms with Gasteiger partial charge in [-0.15, -0.1) is 24.0 Å². The summed E-state index contributed by atoms with van der Waals surface area (Å²) in [7, 11) is 1.64. The van der Waals surface area contributed by atoms with Gasteiger partial charge in [0.05, 0.1) is 0 Å². The van der Waals surface area contributed by atoms with Crippen LogP contribution in [-0.2, 0) is 6.54 Å². The first-order valence-electron chi connectivity index (χ1n) is 6.35.